The molecule has 0 aliphatic carbocycles. The van der Waals surface area contributed by atoms with E-state index >= 15 is 0 Å². The molecule has 5 nitrogen and oxygen atoms in total. The first-order valence-corrected chi connectivity index (χ1v) is 9.35. The van der Waals surface area contributed by atoms with Gasteiger partial charge in [-0.15, -0.1) is 0 Å². The van der Waals surface area contributed by atoms with Gasteiger partial charge in [-0.1, -0.05) is 37.3 Å². The first-order valence-electron chi connectivity index (χ1n) is 9.35. The van der Waals surface area contributed by atoms with E-state index < -0.39 is 0 Å². The van der Waals surface area contributed by atoms with Crippen LogP contribution < -0.4 is 0 Å². The Morgan fingerprint density at radius 1 is 1.15 bits per heavy atom. The number of carbonyl (C=O) groups excluding carboxylic acids is 1. The van der Waals surface area contributed by atoms with Gasteiger partial charge in [-0.25, -0.2) is 0 Å². The molecular weight excluding hydrogens is 336 g/mol. The fraction of sp³-hybridized carbons (Fsp3) is 0.318. The summed E-state index contributed by atoms with van der Waals surface area (Å²) in [6, 6.07) is 14.1. The average Bonchev–Trinajstić information content (AvgIpc) is 3.04. The number of carbonyl (C=O) groups is 1. The Bertz CT molecular complexity index is 900. The topological polar surface area (TPSA) is 51.0 Å². The summed E-state index contributed by atoms with van der Waals surface area (Å²) in [5.74, 6) is -0.0333. The third-order valence-electron chi connectivity index (χ3n) is 4.84. The molecule has 0 aliphatic heterocycles. The number of amides is 1. The van der Waals surface area contributed by atoms with E-state index in [1.165, 1.54) is 5.56 Å². The Morgan fingerprint density at radius 3 is 2.41 bits per heavy atom. The maximum Gasteiger partial charge on any atom is 0.272 e. The van der Waals surface area contributed by atoms with Crippen molar-refractivity contribution in [2.45, 2.75) is 33.2 Å². The molecule has 0 radical (unpaired) electrons. The van der Waals surface area contributed by atoms with Crippen molar-refractivity contribution in [2.24, 2.45) is 7.05 Å². The second-order valence-electron chi connectivity index (χ2n) is 6.67. The van der Waals surface area contributed by atoms with Gasteiger partial charge in [0.2, 0.25) is 0 Å². The molecule has 2 heterocycles. The van der Waals surface area contributed by atoms with Crippen LogP contribution in [0.5, 0.6) is 0 Å². The van der Waals surface area contributed by atoms with Crippen molar-refractivity contribution in [2.75, 3.05) is 6.54 Å². The average molecular weight is 362 g/mol. The molecule has 0 aliphatic rings. The Balaban J connectivity index is 2.07. The molecule has 0 saturated heterocycles. The summed E-state index contributed by atoms with van der Waals surface area (Å²) in [6.45, 7) is 6.62. The van der Waals surface area contributed by atoms with Gasteiger partial charge in [0.1, 0.15) is 5.69 Å². The molecule has 27 heavy (non-hydrogen) atoms. The van der Waals surface area contributed by atoms with Crippen LogP contribution in [0.1, 0.15) is 52.8 Å². The molecule has 5 heteroatoms. The molecule has 3 rings (SSSR count). The van der Waals surface area contributed by atoms with Gasteiger partial charge in [0.25, 0.3) is 5.91 Å². The Labute approximate surface area is 160 Å². The molecule has 1 aromatic carbocycles. The third kappa shape index (κ3) is 3.92. The summed E-state index contributed by atoms with van der Waals surface area (Å²) in [5.41, 5.74) is 4.78. The molecule has 1 amide bonds. The first-order chi connectivity index (χ1) is 13.0. The Kier molecular flexibility index (Phi) is 5.69. The van der Waals surface area contributed by atoms with Gasteiger partial charge in [-0.2, -0.15) is 5.10 Å². The summed E-state index contributed by atoms with van der Waals surface area (Å²) in [5, 5.41) is 4.33. The fourth-order valence-corrected chi connectivity index (χ4v) is 3.43. The van der Waals surface area contributed by atoms with Gasteiger partial charge in [-0.3, -0.25) is 14.5 Å². The molecule has 0 N–H and O–H groups in total. The SMILES string of the molecule is CCc1ccc([C@@H](c2cccnc2)N(CC)C(=O)c2cc(C)nn2C)cc1. The summed E-state index contributed by atoms with van der Waals surface area (Å²) in [6.07, 6.45) is 4.58. The minimum Gasteiger partial charge on any atom is -0.326 e. The van der Waals surface area contributed by atoms with Crippen LogP contribution in [0.25, 0.3) is 0 Å². The molecule has 0 spiro atoms. The van der Waals surface area contributed by atoms with Crippen LogP contribution in [-0.4, -0.2) is 32.1 Å². The van der Waals surface area contributed by atoms with E-state index in [2.05, 4.69) is 41.3 Å². The molecule has 0 unspecified atom stereocenters. The molecular formula is C22H26N4O. The predicted molar refractivity (Wildman–Crippen MR) is 107 cm³/mol. The van der Waals surface area contributed by atoms with Crippen LogP contribution in [0, 0.1) is 6.92 Å². The smallest absolute Gasteiger partial charge is 0.272 e. The monoisotopic (exact) mass is 362 g/mol. The van der Waals surface area contributed by atoms with E-state index in [0.29, 0.717) is 12.2 Å². The van der Waals surface area contributed by atoms with E-state index in [-0.39, 0.29) is 11.9 Å². The van der Waals surface area contributed by atoms with Crippen molar-refractivity contribution < 1.29 is 4.79 Å². The highest BCUT2D eigenvalue weighted by Crippen LogP contribution is 2.30. The lowest BCUT2D eigenvalue weighted by Gasteiger charge is -2.31. The zero-order valence-corrected chi connectivity index (χ0v) is 16.4. The third-order valence-corrected chi connectivity index (χ3v) is 4.84. The number of hydrogen-bond donors (Lipinski definition) is 0. The number of benzene rings is 1. The highest BCUT2D eigenvalue weighted by Gasteiger charge is 2.28. The van der Waals surface area contributed by atoms with Gasteiger partial charge in [0.05, 0.1) is 11.7 Å². The number of hydrogen-bond acceptors (Lipinski definition) is 3. The van der Waals surface area contributed by atoms with E-state index in [4.69, 9.17) is 0 Å². The Hall–Kier alpha value is -2.95. The van der Waals surface area contributed by atoms with E-state index in [1.807, 2.05) is 50.2 Å². The number of aryl methyl sites for hydroxylation is 3. The largest absolute Gasteiger partial charge is 0.326 e. The highest BCUT2D eigenvalue weighted by molar-refractivity contribution is 5.93. The second-order valence-corrected chi connectivity index (χ2v) is 6.67. The normalized spacial score (nSPS) is 12.0. The molecule has 3 aromatic rings. The van der Waals surface area contributed by atoms with Crippen LogP contribution in [-0.2, 0) is 13.5 Å². The lowest BCUT2D eigenvalue weighted by Crippen LogP contribution is -2.36. The lowest BCUT2D eigenvalue weighted by atomic mass is 9.96. The van der Waals surface area contributed by atoms with Crippen LogP contribution in [0.15, 0.2) is 54.9 Å². The van der Waals surface area contributed by atoms with Gasteiger partial charge in [0, 0.05) is 26.0 Å². The van der Waals surface area contributed by atoms with Crippen molar-refractivity contribution in [3.05, 3.63) is 82.9 Å². The number of pyridine rings is 1. The van der Waals surface area contributed by atoms with Crippen LogP contribution in [0.4, 0.5) is 0 Å². The number of nitrogens with zero attached hydrogens (tertiary/aromatic N) is 4. The van der Waals surface area contributed by atoms with Crippen molar-refractivity contribution >= 4 is 5.91 Å². The van der Waals surface area contributed by atoms with Crippen LogP contribution in [0.2, 0.25) is 0 Å². The molecule has 0 bridgehead atoms. The zero-order chi connectivity index (χ0) is 19.4. The zero-order valence-electron chi connectivity index (χ0n) is 16.4. The summed E-state index contributed by atoms with van der Waals surface area (Å²) < 4.78 is 1.65. The maximum atomic E-state index is 13.4. The van der Waals surface area contributed by atoms with Gasteiger partial charge in [-0.05, 0) is 49.1 Å². The molecule has 140 valence electrons. The minimum atomic E-state index is -0.197. The van der Waals surface area contributed by atoms with Gasteiger partial charge >= 0.3 is 0 Å². The lowest BCUT2D eigenvalue weighted by molar-refractivity contribution is 0.0705. The summed E-state index contributed by atoms with van der Waals surface area (Å²) in [4.78, 5) is 19.5. The summed E-state index contributed by atoms with van der Waals surface area (Å²) in [7, 11) is 1.81. The van der Waals surface area contributed by atoms with Crippen LogP contribution in [0.3, 0.4) is 0 Å². The van der Waals surface area contributed by atoms with Crippen molar-refractivity contribution in [3.8, 4) is 0 Å². The second kappa shape index (κ2) is 8.16. The van der Waals surface area contributed by atoms with Crippen molar-refractivity contribution in [3.63, 3.8) is 0 Å². The maximum absolute atomic E-state index is 13.4. The molecule has 2 aromatic heterocycles. The quantitative estimate of drug-likeness (QED) is 0.667. The van der Waals surface area contributed by atoms with E-state index in [1.54, 1.807) is 10.9 Å². The van der Waals surface area contributed by atoms with Gasteiger partial charge < -0.3 is 4.90 Å². The van der Waals surface area contributed by atoms with Crippen LogP contribution >= 0.6 is 0 Å². The highest BCUT2D eigenvalue weighted by atomic mass is 16.2. The van der Waals surface area contributed by atoms with Gasteiger partial charge in [0.15, 0.2) is 0 Å². The summed E-state index contributed by atoms with van der Waals surface area (Å²) >= 11 is 0. The van der Waals surface area contributed by atoms with E-state index in [9.17, 15) is 4.79 Å². The molecule has 0 fully saturated rings. The fourth-order valence-electron chi connectivity index (χ4n) is 3.43. The number of aromatic nitrogens is 3. The van der Waals surface area contributed by atoms with Crippen molar-refractivity contribution in [1.82, 2.24) is 19.7 Å². The first kappa shape index (κ1) is 18.8. The standard InChI is InChI=1S/C22H26N4O/c1-5-17-9-11-18(12-10-17)21(19-8-7-13-23-15-19)26(6-2)22(27)20-14-16(3)24-25(20)4/h7-15,21H,5-6H2,1-4H3/t21-/m0/s1. The number of rotatable bonds is 6. The Morgan fingerprint density at radius 2 is 1.89 bits per heavy atom. The minimum absolute atomic E-state index is 0.0333. The van der Waals surface area contributed by atoms with Crippen molar-refractivity contribution in [1.29, 1.82) is 0 Å². The van der Waals surface area contributed by atoms with E-state index in [0.717, 1.165) is 23.2 Å². The molecule has 1 atom stereocenters. The molecule has 0 saturated carbocycles. The predicted octanol–water partition coefficient (Wildman–Crippen LogP) is 3.94.